The fraction of sp³-hybridized carbons (Fsp3) is 0.136. The average Bonchev–Trinajstić information content (AvgIpc) is 3.16. The second-order valence-corrected chi connectivity index (χ2v) is 7.01. The zero-order valence-corrected chi connectivity index (χ0v) is 17.8. The molecule has 3 heterocycles. The van der Waals surface area contributed by atoms with E-state index in [1.165, 1.54) is 18.1 Å². The van der Waals surface area contributed by atoms with E-state index in [9.17, 15) is 4.79 Å². The van der Waals surface area contributed by atoms with E-state index in [1.807, 2.05) is 31.2 Å². The molecule has 4 aromatic rings. The van der Waals surface area contributed by atoms with Crippen molar-refractivity contribution < 1.29 is 9.53 Å². The van der Waals surface area contributed by atoms with Gasteiger partial charge in [0.05, 0.1) is 7.11 Å². The third kappa shape index (κ3) is 4.98. The molecule has 0 bridgehead atoms. The van der Waals surface area contributed by atoms with Crippen LogP contribution in [0, 0.1) is 6.92 Å². The molecule has 10 nitrogen and oxygen atoms in total. The van der Waals surface area contributed by atoms with Gasteiger partial charge < -0.3 is 20.7 Å². The lowest BCUT2D eigenvalue weighted by Gasteiger charge is -2.10. The number of rotatable bonds is 7. The van der Waals surface area contributed by atoms with Crippen LogP contribution in [0.5, 0.6) is 5.88 Å². The molecule has 0 saturated heterocycles. The van der Waals surface area contributed by atoms with Crippen LogP contribution in [0.3, 0.4) is 0 Å². The zero-order chi connectivity index (χ0) is 22.5. The van der Waals surface area contributed by atoms with E-state index in [4.69, 9.17) is 4.74 Å². The van der Waals surface area contributed by atoms with Gasteiger partial charge in [-0.15, -0.1) is 5.10 Å². The number of aryl methyl sites for hydroxylation is 2. The second-order valence-electron chi connectivity index (χ2n) is 7.01. The molecule has 4 rings (SSSR count). The molecule has 3 aromatic heterocycles. The van der Waals surface area contributed by atoms with E-state index in [1.54, 1.807) is 37.6 Å². The molecule has 0 unspecified atom stereocenters. The van der Waals surface area contributed by atoms with Crippen molar-refractivity contribution in [3.63, 3.8) is 0 Å². The summed E-state index contributed by atoms with van der Waals surface area (Å²) in [6, 6.07) is 12.9. The quantitative estimate of drug-likeness (QED) is 0.406. The highest BCUT2D eigenvalue weighted by atomic mass is 16.5. The molecule has 32 heavy (non-hydrogen) atoms. The lowest BCUT2D eigenvalue weighted by molar-refractivity contribution is 0.102. The Bertz CT molecular complexity index is 1240. The van der Waals surface area contributed by atoms with Crippen molar-refractivity contribution in [2.75, 3.05) is 23.1 Å². The number of amides is 1. The van der Waals surface area contributed by atoms with E-state index in [0.717, 1.165) is 11.3 Å². The van der Waals surface area contributed by atoms with Crippen molar-refractivity contribution in [1.82, 2.24) is 24.7 Å². The fourth-order valence-corrected chi connectivity index (χ4v) is 2.99. The summed E-state index contributed by atoms with van der Waals surface area (Å²) in [5, 5.41) is 13.3. The lowest BCUT2D eigenvalue weighted by atomic mass is 10.2. The van der Waals surface area contributed by atoms with Crippen LogP contribution in [0.25, 0.3) is 0 Å². The smallest absolute Gasteiger partial charge is 0.262 e. The highest BCUT2D eigenvalue weighted by molar-refractivity contribution is 6.05. The van der Waals surface area contributed by atoms with Gasteiger partial charge in [0.15, 0.2) is 0 Å². The van der Waals surface area contributed by atoms with Gasteiger partial charge in [0, 0.05) is 36.9 Å². The molecule has 0 fully saturated rings. The van der Waals surface area contributed by atoms with Crippen molar-refractivity contribution in [2.45, 2.75) is 6.92 Å². The minimum atomic E-state index is -0.299. The maximum Gasteiger partial charge on any atom is 0.262 e. The number of aromatic nitrogens is 5. The Morgan fingerprint density at radius 2 is 1.62 bits per heavy atom. The zero-order valence-electron chi connectivity index (χ0n) is 17.8. The molecule has 0 atom stereocenters. The Kier molecular flexibility index (Phi) is 5.93. The topological polar surface area (TPSA) is 119 Å². The van der Waals surface area contributed by atoms with Crippen molar-refractivity contribution in [1.29, 1.82) is 0 Å². The maximum atomic E-state index is 12.5. The molecule has 3 N–H and O–H groups in total. The van der Waals surface area contributed by atoms with Crippen LogP contribution in [0.4, 0.5) is 28.8 Å². The standard InChI is InChI=1S/C22H22N8O2/c1-14-8-9-23-18(10-14)28-20-11-19(24-13-25-20)26-15-4-6-16(7-5-15)27-21(31)17-12-30(2)29-22(17)32-3/h4-13H,1-3H3,(H,27,31)(H2,23,24,25,26,28). The normalized spacial score (nSPS) is 10.5. The molecule has 1 amide bonds. The molecule has 162 valence electrons. The number of ether oxygens (including phenoxy) is 1. The monoisotopic (exact) mass is 430 g/mol. The summed E-state index contributed by atoms with van der Waals surface area (Å²) in [5.74, 6) is 1.92. The van der Waals surface area contributed by atoms with Gasteiger partial charge in [0.2, 0.25) is 5.88 Å². The number of methoxy groups -OCH3 is 1. The van der Waals surface area contributed by atoms with Crippen LogP contribution < -0.4 is 20.7 Å². The van der Waals surface area contributed by atoms with Crippen LogP contribution >= 0.6 is 0 Å². The molecule has 10 heteroatoms. The maximum absolute atomic E-state index is 12.5. The molecule has 0 aliphatic heterocycles. The number of hydrogen-bond acceptors (Lipinski definition) is 8. The third-order valence-corrected chi connectivity index (χ3v) is 4.49. The van der Waals surface area contributed by atoms with Crippen LogP contribution in [0.2, 0.25) is 0 Å². The first kappa shape index (κ1) is 20.8. The van der Waals surface area contributed by atoms with E-state index in [2.05, 4.69) is 36.0 Å². The SMILES string of the molecule is COc1nn(C)cc1C(=O)Nc1ccc(Nc2cc(Nc3cc(C)ccn3)ncn2)cc1. The summed E-state index contributed by atoms with van der Waals surface area (Å²) in [5.41, 5.74) is 2.91. The summed E-state index contributed by atoms with van der Waals surface area (Å²) in [4.78, 5) is 25.3. The van der Waals surface area contributed by atoms with Gasteiger partial charge in [-0.3, -0.25) is 9.48 Å². The van der Waals surface area contributed by atoms with Gasteiger partial charge in [-0.05, 0) is 48.9 Å². The Hall–Kier alpha value is -4.47. The van der Waals surface area contributed by atoms with Crippen LogP contribution in [-0.2, 0) is 7.05 Å². The Balaban J connectivity index is 1.41. The first-order chi connectivity index (χ1) is 15.5. The molecule has 0 spiro atoms. The first-order valence-corrected chi connectivity index (χ1v) is 9.78. The van der Waals surface area contributed by atoms with Gasteiger partial charge in [0.1, 0.15) is 29.3 Å². The molecule has 1 aromatic carbocycles. The minimum absolute atomic E-state index is 0.275. The molecular weight excluding hydrogens is 408 g/mol. The van der Waals surface area contributed by atoms with Crippen molar-refractivity contribution in [3.8, 4) is 5.88 Å². The molecule has 0 aliphatic rings. The van der Waals surface area contributed by atoms with Crippen LogP contribution in [0.15, 0.2) is 61.2 Å². The van der Waals surface area contributed by atoms with Gasteiger partial charge in [-0.25, -0.2) is 15.0 Å². The van der Waals surface area contributed by atoms with E-state index < -0.39 is 0 Å². The average molecular weight is 430 g/mol. The molecule has 0 radical (unpaired) electrons. The van der Waals surface area contributed by atoms with E-state index in [-0.39, 0.29) is 11.8 Å². The highest BCUT2D eigenvalue weighted by Crippen LogP contribution is 2.22. The lowest BCUT2D eigenvalue weighted by Crippen LogP contribution is -2.12. The van der Waals surface area contributed by atoms with Crippen molar-refractivity contribution in [2.24, 2.45) is 7.05 Å². The summed E-state index contributed by atoms with van der Waals surface area (Å²) >= 11 is 0. The largest absolute Gasteiger partial charge is 0.479 e. The summed E-state index contributed by atoms with van der Waals surface area (Å²) in [7, 11) is 3.20. The number of hydrogen-bond donors (Lipinski definition) is 3. The number of nitrogens with one attached hydrogen (secondary N) is 3. The van der Waals surface area contributed by atoms with Crippen molar-refractivity contribution >= 4 is 34.7 Å². The highest BCUT2D eigenvalue weighted by Gasteiger charge is 2.16. The Morgan fingerprint density at radius 3 is 2.34 bits per heavy atom. The van der Waals surface area contributed by atoms with Crippen molar-refractivity contribution in [3.05, 3.63) is 72.3 Å². The van der Waals surface area contributed by atoms with E-state index >= 15 is 0 Å². The number of benzene rings is 1. The first-order valence-electron chi connectivity index (χ1n) is 9.78. The fourth-order valence-electron chi connectivity index (χ4n) is 2.99. The summed E-state index contributed by atoms with van der Waals surface area (Å²) in [6.07, 6.45) is 4.82. The summed E-state index contributed by atoms with van der Waals surface area (Å²) < 4.78 is 6.67. The van der Waals surface area contributed by atoms with Gasteiger partial charge in [-0.2, -0.15) is 0 Å². The Labute approximate surface area is 184 Å². The number of nitrogens with zero attached hydrogens (tertiary/aromatic N) is 5. The van der Waals surface area contributed by atoms with E-state index in [0.29, 0.717) is 28.7 Å². The second kappa shape index (κ2) is 9.13. The third-order valence-electron chi connectivity index (χ3n) is 4.49. The summed E-state index contributed by atoms with van der Waals surface area (Å²) in [6.45, 7) is 2.00. The minimum Gasteiger partial charge on any atom is -0.479 e. The molecular formula is C22H22N8O2. The van der Waals surface area contributed by atoms with Gasteiger partial charge in [0.25, 0.3) is 5.91 Å². The Morgan fingerprint density at radius 1 is 0.938 bits per heavy atom. The number of pyridine rings is 1. The van der Waals surface area contributed by atoms with Crippen LogP contribution in [0.1, 0.15) is 15.9 Å². The van der Waals surface area contributed by atoms with Gasteiger partial charge >= 0.3 is 0 Å². The number of anilines is 5. The van der Waals surface area contributed by atoms with Gasteiger partial charge in [-0.1, -0.05) is 0 Å². The molecule has 0 aliphatic carbocycles. The number of carbonyl (C=O) groups excluding carboxylic acids is 1. The molecule has 0 saturated carbocycles. The predicted octanol–water partition coefficient (Wildman–Crippen LogP) is 3.66. The number of carbonyl (C=O) groups is 1. The van der Waals surface area contributed by atoms with Crippen LogP contribution in [-0.4, -0.2) is 37.7 Å². The predicted molar refractivity (Wildman–Crippen MR) is 122 cm³/mol.